The van der Waals surface area contributed by atoms with Crippen LogP contribution in [0.4, 0.5) is 5.82 Å². The molecule has 0 atom stereocenters. The predicted molar refractivity (Wildman–Crippen MR) is 71.4 cm³/mol. The summed E-state index contributed by atoms with van der Waals surface area (Å²) in [6.45, 7) is 3.77. The van der Waals surface area contributed by atoms with Crippen molar-refractivity contribution in [3.63, 3.8) is 0 Å². The summed E-state index contributed by atoms with van der Waals surface area (Å²) in [7, 11) is -3.43. The average molecular weight is 290 g/mol. The number of rotatable bonds is 4. The van der Waals surface area contributed by atoms with Crippen LogP contribution in [0.25, 0.3) is 0 Å². The minimum Gasteiger partial charge on any atom is -0.369 e. The first kappa shape index (κ1) is 13.6. The number of anilines is 1. The summed E-state index contributed by atoms with van der Waals surface area (Å²) in [6, 6.07) is 1.46. The van der Waals surface area contributed by atoms with Crippen LogP contribution >= 0.6 is 11.6 Å². The number of nitrogens with one attached hydrogen (secondary N) is 1. The monoisotopic (exact) mass is 289 g/mol. The molecule has 0 radical (unpaired) electrons. The summed E-state index contributed by atoms with van der Waals surface area (Å²) in [5, 5.41) is 3.30. The zero-order valence-corrected chi connectivity index (χ0v) is 11.8. The summed E-state index contributed by atoms with van der Waals surface area (Å²) in [4.78, 5) is 4.22. The summed E-state index contributed by atoms with van der Waals surface area (Å²) in [5.41, 5.74) is 0. The molecule has 1 aromatic rings. The number of pyridine rings is 1. The Morgan fingerprint density at radius 2 is 2.11 bits per heavy atom. The van der Waals surface area contributed by atoms with Crippen molar-refractivity contribution < 1.29 is 8.42 Å². The van der Waals surface area contributed by atoms with Crippen molar-refractivity contribution in [1.82, 2.24) is 9.29 Å². The van der Waals surface area contributed by atoms with Crippen LogP contribution in [0.1, 0.15) is 19.8 Å². The highest BCUT2D eigenvalue weighted by atomic mass is 35.5. The molecule has 1 N–H and O–H groups in total. The molecule has 2 rings (SSSR count). The molecule has 0 aromatic carbocycles. The molecule has 1 saturated heterocycles. The van der Waals surface area contributed by atoms with Gasteiger partial charge >= 0.3 is 0 Å². The lowest BCUT2D eigenvalue weighted by Gasteiger charge is -2.15. The minimum atomic E-state index is -3.43. The zero-order chi connectivity index (χ0) is 13.2. The Morgan fingerprint density at radius 3 is 2.67 bits per heavy atom. The van der Waals surface area contributed by atoms with E-state index in [1.165, 1.54) is 16.6 Å². The molecule has 1 aliphatic heterocycles. The molecule has 0 bridgehead atoms. The van der Waals surface area contributed by atoms with E-state index in [2.05, 4.69) is 10.3 Å². The predicted octanol–water partition coefficient (Wildman–Crippen LogP) is 1.95. The van der Waals surface area contributed by atoms with Gasteiger partial charge in [0.15, 0.2) is 0 Å². The molecule has 0 unspecified atom stereocenters. The van der Waals surface area contributed by atoms with Crippen LogP contribution < -0.4 is 5.32 Å². The highest BCUT2D eigenvalue weighted by Gasteiger charge is 2.27. The maximum Gasteiger partial charge on any atom is 0.244 e. The number of hydrogen-bond acceptors (Lipinski definition) is 4. The van der Waals surface area contributed by atoms with Gasteiger partial charge in [-0.25, -0.2) is 13.4 Å². The number of aromatic nitrogens is 1. The van der Waals surface area contributed by atoms with E-state index in [1.54, 1.807) is 0 Å². The molecule has 0 spiro atoms. The number of sulfonamides is 1. The fourth-order valence-corrected chi connectivity index (χ4v) is 3.72. The Bertz CT molecular complexity index is 527. The normalized spacial score (nSPS) is 17.0. The van der Waals surface area contributed by atoms with Gasteiger partial charge in [0.25, 0.3) is 0 Å². The van der Waals surface area contributed by atoms with E-state index in [0.29, 0.717) is 30.5 Å². The van der Waals surface area contributed by atoms with Crippen molar-refractivity contribution in [2.24, 2.45) is 0 Å². The van der Waals surface area contributed by atoms with Crippen molar-refractivity contribution in [3.05, 3.63) is 17.3 Å². The van der Waals surface area contributed by atoms with E-state index in [0.717, 1.165) is 12.8 Å². The Labute approximate surface area is 112 Å². The SMILES string of the molecule is CCNc1ncc(S(=O)(=O)N2CCCC2)cc1Cl. The van der Waals surface area contributed by atoms with E-state index in [4.69, 9.17) is 11.6 Å². The molecule has 1 fully saturated rings. The molecule has 18 heavy (non-hydrogen) atoms. The van der Waals surface area contributed by atoms with Crippen LogP contribution in [0.5, 0.6) is 0 Å². The van der Waals surface area contributed by atoms with Crippen molar-refractivity contribution >= 4 is 27.4 Å². The fraction of sp³-hybridized carbons (Fsp3) is 0.545. The molecule has 1 aliphatic rings. The van der Waals surface area contributed by atoms with Crippen molar-refractivity contribution in [3.8, 4) is 0 Å². The van der Waals surface area contributed by atoms with Crippen LogP contribution in [-0.4, -0.2) is 37.3 Å². The zero-order valence-electron chi connectivity index (χ0n) is 10.2. The van der Waals surface area contributed by atoms with Gasteiger partial charge in [-0.1, -0.05) is 11.6 Å². The maximum atomic E-state index is 12.3. The molecule has 100 valence electrons. The third-order valence-electron chi connectivity index (χ3n) is 2.86. The van der Waals surface area contributed by atoms with E-state index in [9.17, 15) is 8.42 Å². The van der Waals surface area contributed by atoms with E-state index in [-0.39, 0.29) is 4.90 Å². The second-order valence-corrected chi connectivity index (χ2v) is 6.49. The average Bonchev–Trinajstić information content (AvgIpc) is 2.86. The Kier molecular flexibility index (Phi) is 4.09. The number of hydrogen-bond donors (Lipinski definition) is 1. The van der Waals surface area contributed by atoms with Gasteiger partial charge in [-0.2, -0.15) is 4.31 Å². The van der Waals surface area contributed by atoms with Gasteiger partial charge in [-0.15, -0.1) is 0 Å². The van der Waals surface area contributed by atoms with E-state index < -0.39 is 10.0 Å². The Hall–Kier alpha value is -0.850. The van der Waals surface area contributed by atoms with E-state index >= 15 is 0 Å². The molecule has 0 saturated carbocycles. The Balaban J connectivity index is 2.30. The van der Waals surface area contributed by atoms with Crippen LogP contribution in [0.15, 0.2) is 17.2 Å². The second-order valence-electron chi connectivity index (χ2n) is 4.14. The first-order chi connectivity index (χ1) is 8.55. The Morgan fingerprint density at radius 1 is 1.44 bits per heavy atom. The largest absolute Gasteiger partial charge is 0.369 e. The van der Waals surface area contributed by atoms with Gasteiger partial charge in [0.1, 0.15) is 10.7 Å². The summed E-state index contributed by atoms with van der Waals surface area (Å²) in [5.74, 6) is 0.513. The molecule has 7 heteroatoms. The summed E-state index contributed by atoms with van der Waals surface area (Å²) < 4.78 is 26.0. The third kappa shape index (κ3) is 2.60. The van der Waals surface area contributed by atoms with Gasteiger partial charge in [-0.05, 0) is 25.8 Å². The fourth-order valence-electron chi connectivity index (χ4n) is 1.94. The maximum absolute atomic E-state index is 12.3. The van der Waals surface area contributed by atoms with Crippen LogP contribution in [0.3, 0.4) is 0 Å². The highest BCUT2D eigenvalue weighted by molar-refractivity contribution is 7.89. The van der Waals surface area contributed by atoms with Gasteiger partial charge in [-0.3, -0.25) is 0 Å². The van der Waals surface area contributed by atoms with E-state index in [1.807, 2.05) is 6.92 Å². The van der Waals surface area contributed by atoms with Crippen LogP contribution in [0.2, 0.25) is 5.02 Å². The molecule has 5 nitrogen and oxygen atoms in total. The molecular formula is C11H16ClN3O2S. The lowest BCUT2D eigenvalue weighted by molar-refractivity contribution is 0.477. The smallest absolute Gasteiger partial charge is 0.244 e. The van der Waals surface area contributed by atoms with Crippen molar-refractivity contribution in [2.75, 3.05) is 25.0 Å². The first-order valence-electron chi connectivity index (χ1n) is 5.95. The van der Waals surface area contributed by atoms with Gasteiger partial charge < -0.3 is 5.32 Å². The molecule has 0 aliphatic carbocycles. The van der Waals surface area contributed by atoms with Gasteiger partial charge in [0.2, 0.25) is 10.0 Å². The molecule has 1 aromatic heterocycles. The third-order valence-corrected chi connectivity index (χ3v) is 5.02. The van der Waals surface area contributed by atoms with Gasteiger partial charge in [0.05, 0.1) is 5.02 Å². The minimum absolute atomic E-state index is 0.163. The lowest BCUT2D eigenvalue weighted by atomic mass is 10.4. The number of nitrogens with zero attached hydrogens (tertiary/aromatic N) is 2. The quantitative estimate of drug-likeness (QED) is 0.920. The molecule has 0 amide bonds. The topological polar surface area (TPSA) is 62.3 Å². The van der Waals surface area contributed by atoms with Crippen molar-refractivity contribution in [2.45, 2.75) is 24.7 Å². The summed E-state index contributed by atoms with van der Waals surface area (Å²) >= 11 is 6.01. The summed E-state index contributed by atoms with van der Waals surface area (Å²) in [6.07, 6.45) is 3.18. The molecular weight excluding hydrogens is 274 g/mol. The highest BCUT2D eigenvalue weighted by Crippen LogP contribution is 2.26. The van der Waals surface area contributed by atoms with Crippen molar-refractivity contribution in [1.29, 1.82) is 0 Å². The first-order valence-corrected chi connectivity index (χ1v) is 7.77. The molecule has 2 heterocycles. The lowest BCUT2D eigenvalue weighted by Crippen LogP contribution is -2.28. The van der Waals surface area contributed by atoms with Crippen LogP contribution in [-0.2, 0) is 10.0 Å². The number of halogens is 1. The van der Waals surface area contributed by atoms with Crippen LogP contribution in [0, 0.1) is 0 Å². The van der Waals surface area contributed by atoms with Gasteiger partial charge in [0, 0.05) is 25.8 Å². The standard InChI is InChI=1S/C11H16ClN3O2S/c1-2-13-11-10(12)7-9(8-14-11)18(16,17)15-5-3-4-6-15/h7-8H,2-6H2,1H3,(H,13,14). The second kappa shape index (κ2) is 5.42.